The molecule has 1 aliphatic carbocycles. The molecule has 0 spiro atoms. The number of aliphatic hydroxyl groups is 1. The summed E-state index contributed by atoms with van der Waals surface area (Å²) in [5.41, 5.74) is 0.320. The minimum Gasteiger partial charge on any atom is -0.396 e. The number of methoxy groups -OCH3 is 1. The topological polar surface area (TPSA) is 65.9 Å². The van der Waals surface area contributed by atoms with Gasteiger partial charge in [-0.05, 0) is 37.5 Å². The van der Waals surface area contributed by atoms with Crippen LogP contribution in [-0.4, -0.2) is 51.0 Å². The molecule has 0 aliphatic heterocycles. The zero-order chi connectivity index (χ0) is 15.6. The van der Waals surface area contributed by atoms with E-state index in [4.69, 9.17) is 14.8 Å². The molecule has 0 aromatic heterocycles. The number of guanidine groups is 1. The standard InChI is InChI=1S/C16H33N3O2.HI/c1-4-17-15(18-11-14(2)12-20)19-13-16(9-10-21-3)7-5-6-8-16;/h14,20H,4-13H2,1-3H3,(H2,17,18,19);1H. The number of aliphatic imine (C=N–C) groups is 1. The van der Waals surface area contributed by atoms with E-state index in [9.17, 15) is 0 Å². The van der Waals surface area contributed by atoms with Crippen molar-refractivity contribution >= 4 is 29.9 Å². The first-order valence-electron chi connectivity index (χ1n) is 8.28. The quantitative estimate of drug-likeness (QED) is 0.300. The summed E-state index contributed by atoms with van der Waals surface area (Å²) in [5.74, 6) is 1.10. The molecule has 1 unspecified atom stereocenters. The summed E-state index contributed by atoms with van der Waals surface area (Å²) in [6, 6.07) is 0. The highest BCUT2D eigenvalue weighted by molar-refractivity contribution is 14.0. The third-order valence-electron chi connectivity index (χ3n) is 4.35. The second-order valence-corrected chi connectivity index (χ2v) is 6.31. The van der Waals surface area contributed by atoms with Gasteiger partial charge in [-0.15, -0.1) is 24.0 Å². The molecule has 1 aliphatic rings. The van der Waals surface area contributed by atoms with Gasteiger partial charge < -0.3 is 20.5 Å². The number of halogens is 1. The molecule has 0 bridgehead atoms. The van der Waals surface area contributed by atoms with Gasteiger partial charge in [0, 0.05) is 40.0 Å². The fraction of sp³-hybridized carbons (Fsp3) is 0.938. The van der Waals surface area contributed by atoms with Crippen LogP contribution in [0.15, 0.2) is 4.99 Å². The summed E-state index contributed by atoms with van der Waals surface area (Å²) in [4.78, 5) is 4.78. The van der Waals surface area contributed by atoms with E-state index >= 15 is 0 Å². The second kappa shape index (κ2) is 12.4. The van der Waals surface area contributed by atoms with E-state index < -0.39 is 0 Å². The van der Waals surface area contributed by atoms with Gasteiger partial charge in [-0.1, -0.05) is 19.8 Å². The number of nitrogens with one attached hydrogen (secondary N) is 2. The van der Waals surface area contributed by atoms with Crippen LogP contribution in [-0.2, 0) is 4.74 Å². The lowest BCUT2D eigenvalue weighted by molar-refractivity contribution is 0.141. The van der Waals surface area contributed by atoms with Crippen molar-refractivity contribution in [1.29, 1.82) is 0 Å². The van der Waals surface area contributed by atoms with Gasteiger partial charge in [0.1, 0.15) is 0 Å². The Balaban J connectivity index is 0.00000441. The van der Waals surface area contributed by atoms with Gasteiger partial charge in [-0.2, -0.15) is 0 Å². The number of ether oxygens (including phenoxy) is 1. The van der Waals surface area contributed by atoms with E-state index in [1.165, 1.54) is 25.7 Å². The average Bonchev–Trinajstić information content (AvgIpc) is 2.97. The Morgan fingerprint density at radius 1 is 1.32 bits per heavy atom. The first kappa shape index (κ1) is 21.9. The normalized spacial score (nSPS) is 18.6. The maximum atomic E-state index is 9.10. The van der Waals surface area contributed by atoms with Crippen LogP contribution in [0.3, 0.4) is 0 Å². The Morgan fingerprint density at radius 2 is 2.00 bits per heavy atom. The predicted octanol–water partition coefficient (Wildman–Crippen LogP) is 2.38. The molecule has 3 N–H and O–H groups in total. The average molecular weight is 427 g/mol. The molecule has 0 aromatic carbocycles. The fourth-order valence-electron chi connectivity index (χ4n) is 2.85. The maximum Gasteiger partial charge on any atom is 0.191 e. The smallest absolute Gasteiger partial charge is 0.191 e. The highest BCUT2D eigenvalue weighted by Crippen LogP contribution is 2.41. The fourth-order valence-corrected chi connectivity index (χ4v) is 2.85. The molecule has 0 heterocycles. The van der Waals surface area contributed by atoms with Gasteiger partial charge in [0.15, 0.2) is 5.96 Å². The van der Waals surface area contributed by atoms with Crippen LogP contribution in [0.4, 0.5) is 0 Å². The molecule has 22 heavy (non-hydrogen) atoms. The van der Waals surface area contributed by atoms with Crippen LogP contribution < -0.4 is 10.6 Å². The summed E-state index contributed by atoms with van der Waals surface area (Å²) >= 11 is 0. The monoisotopic (exact) mass is 427 g/mol. The summed E-state index contributed by atoms with van der Waals surface area (Å²) < 4.78 is 5.27. The Morgan fingerprint density at radius 3 is 2.55 bits per heavy atom. The van der Waals surface area contributed by atoms with E-state index in [1.807, 2.05) is 6.92 Å². The van der Waals surface area contributed by atoms with Gasteiger partial charge in [0.25, 0.3) is 0 Å². The van der Waals surface area contributed by atoms with Crippen molar-refractivity contribution in [3.8, 4) is 0 Å². The van der Waals surface area contributed by atoms with Crippen molar-refractivity contribution in [3.05, 3.63) is 0 Å². The van der Waals surface area contributed by atoms with E-state index in [2.05, 4.69) is 17.6 Å². The van der Waals surface area contributed by atoms with Crippen LogP contribution >= 0.6 is 24.0 Å². The zero-order valence-corrected chi connectivity index (χ0v) is 16.7. The van der Waals surface area contributed by atoms with Crippen molar-refractivity contribution in [1.82, 2.24) is 10.6 Å². The highest BCUT2D eigenvalue weighted by atomic mass is 127. The van der Waals surface area contributed by atoms with E-state index in [1.54, 1.807) is 7.11 Å². The summed E-state index contributed by atoms with van der Waals surface area (Å²) in [6.07, 6.45) is 6.23. The van der Waals surface area contributed by atoms with Crippen molar-refractivity contribution in [2.24, 2.45) is 16.3 Å². The molecule has 1 atom stereocenters. The van der Waals surface area contributed by atoms with Gasteiger partial charge in [0.2, 0.25) is 0 Å². The minimum absolute atomic E-state index is 0. The van der Waals surface area contributed by atoms with Gasteiger partial charge >= 0.3 is 0 Å². The van der Waals surface area contributed by atoms with E-state index in [0.717, 1.165) is 38.6 Å². The van der Waals surface area contributed by atoms with Crippen LogP contribution in [0.2, 0.25) is 0 Å². The minimum atomic E-state index is 0. The molecule has 1 fully saturated rings. The first-order chi connectivity index (χ1) is 10.2. The van der Waals surface area contributed by atoms with Crippen LogP contribution in [0.5, 0.6) is 0 Å². The molecular weight excluding hydrogens is 393 g/mol. The van der Waals surface area contributed by atoms with Crippen molar-refractivity contribution in [2.45, 2.75) is 46.0 Å². The SMILES string of the molecule is CCNC(=NCC1(CCOC)CCCC1)NCC(C)CO.I. The molecule has 0 amide bonds. The lowest BCUT2D eigenvalue weighted by Gasteiger charge is -2.27. The summed E-state index contributed by atoms with van der Waals surface area (Å²) in [7, 11) is 1.77. The molecule has 0 saturated heterocycles. The molecule has 0 aromatic rings. The Hall–Kier alpha value is -0.0800. The molecule has 5 nitrogen and oxygen atoms in total. The van der Waals surface area contributed by atoms with Crippen molar-refractivity contribution in [3.63, 3.8) is 0 Å². The number of hydrogen-bond acceptors (Lipinski definition) is 3. The summed E-state index contributed by atoms with van der Waals surface area (Å²) in [6.45, 7) is 7.57. The second-order valence-electron chi connectivity index (χ2n) is 6.31. The molecule has 132 valence electrons. The maximum absolute atomic E-state index is 9.10. The number of hydrogen-bond donors (Lipinski definition) is 3. The summed E-state index contributed by atoms with van der Waals surface area (Å²) in [5, 5.41) is 15.7. The third kappa shape index (κ3) is 7.97. The first-order valence-corrected chi connectivity index (χ1v) is 8.28. The third-order valence-corrected chi connectivity index (χ3v) is 4.35. The van der Waals surface area contributed by atoms with Gasteiger partial charge in [0.05, 0.1) is 0 Å². The van der Waals surface area contributed by atoms with Crippen molar-refractivity contribution in [2.75, 3.05) is 40.0 Å². The Kier molecular flexibility index (Phi) is 12.3. The van der Waals surface area contributed by atoms with Crippen LogP contribution in [0, 0.1) is 11.3 Å². The molecule has 1 rings (SSSR count). The number of nitrogens with zero attached hydrogens (tertiary/aromatic N) is 1. The van der Waals surface area contributed by atoms with Crippen LogP contribution in [0.1, 0.15) is 46.0 Å². The number of rotatable bonds is 9. The lowest BCUT2D eigenvalue weighted by Crippen LogP contribution is -2.40. The zero-order valence-electron chi connectivity index (χ0n) is 14.4. The Labute approximate surface area is 152 Å². The largest absolute Gasteiger partial charge is 0.396 e. The molecule has 6 heteroatoms. The Bertz CT molecular complexity index is 308. The van der Waals surface area contributed by atoms with E-state index in [0.29, 0.717) is 5.41 Å². The van der Waals surface area contributed by atoms with Crippen molar-refractivity contribution < 1.29 is 9.84 Å². The van der Waals surface area contributed by atoms with Gasteiger partial charge in [-0.3, -0.25) is 4.99 Å². The van der Waals surface area contributed by atoms with Gasteiger partial charge in [-0.25, -0.2) is 0 Å². The number of aliphatic hydroxyl groups excluding tert-OH is 1. The lowest BCUT2D eigenvalue weighted by atomic mass is 9.83. The molecular formula is C16H34IN3O2. The highest BCUT2D eigenvalue weighted by Gasteiger charge is 2.33. The molecule has 0 radical (unpaired) electrons. The predicted molar refractivity (Wildman–Crippen MR) is 103 cm³/mol. The molecule has 1 saturated carbocycles. The van der Waals surface area contributed by atoms with Crippen LogP contribution in [0.25, 0.3) is 0 Å². The van der Waals surface area contributed by atoms with E-state index in [-0.39, 0.29) is 36.5 Å².